The molecule has 0 aliphatic rings. The monoisotopic (exact) mass is 295 g/mol. The molecule has 0 radical (unpaired) electrons. The first kappa shape index (κ1) is 14.4. The third-order valence-electron chi connectivity index (χ3n) is 3.94. The SMILES string of the molecule is Cc1c(O)c(=O)ccn1C[C@@H](O)c1ccc2ccccc2c1. The lowest BCUT2D eigenvalue weighted by molar-refractivity contribution is 0.155. The second-order valence-corrected chi connectivity index (χ2v) is 5.39. The Bertz CT molecular complexity index is 883. The summed E-state index contributed by atoms with van der Waals surface area (Å²) in [5.74, 6) is -0.270. The first-order chi connectivity index (χ1) is 10.6. The van der Waals surface area contributed by atoms with Crippen LogP contribution >= 0.6 is 0 Å². The summed E-state index contributed by atoms with van der Waals surface area (Å²) in [5, 5.41) is 22.3. The molecular formula is C18H17NO3. The molecule has 0 bridgehead atoms. The molecule has 1 aromatic heterocycles. The van der Waals surface area contributed by atoms with Gasteiger partial charge in [0.25, 0.3) is 0 Å². The van der Waals surface area contributed by atoms with Gasteiger partial charge >= 0.3 is 0 Å². The number of aromatic hydroxyl groups is 1. The van der Waals surface area contributed by atoms with Gasteiger partial charge in [-0.2, -0.15) is 0 Å². The Morgan fingerprint density at radius 2 is 1.82 bits per heavy atom. The van der Waals surface area contributed by atoms with Crippen LogP contribution in [0.25, 0.3) is 10.8 Å². The highest BCUT2D eigenvalue weighted by atomic mass is 16.3. The molecule has 4 heteroatoms. The number of hydrogen-bond acceptors (Lipinski definition) is 3. The fourth-order valence-electron chi connectivity index (χ4n) is 2.57. The fourth-order valence-corrected chi connectivity index (χ4v) is 2.57. The molecule has 0 saturated carbocycles. The summed E-state index contributed by atoms with van der Waals surface area (Å²) in [6.07, 6.45) is 0.868. The van der Waals surface area contributed by atoms with Crippen molar-refractivity contribution in [3.8, 4) is 5.75 Å². The molecule has 0 spiro atoms. The Morgan fingerprint density at radius 3 is 2.59 bits per heavy atom. The average Bonchev–Trinajstić information content (AvgIpc) is 2.55. The van der Waals surface area contributed by atoms with Gasteiger partial charge in [0.1, 0.15) is 0 Å². The van der Waals surface area contributed by atoms with E-state index < -0.39 is 11.5 Å². The second-order valence-electron chi connectivity index (χ2n) is 5.39. The van der Waals surface area contributed by atoms with Crippen molar-refractivity contribution >= 4 is 10.8 Å². The molecule has 0 aliphatic heterocycles. The smallest absolute Gasteiger partial charge is 0.223 e. The van der Waals surface area contributed by atoms with Gasteiger partial charge < -0.3 is 14.8 Å². The van der Waals surface area contributed by atoms with Crippen molar-refractivity contribution in [2.75, 3.05) is 0 Å². The van der Waals surface area contributed by atoms with Crippen LogP contribution in [0.2, 0.25) is 0 Å². The summed E-state index contributed by atoms with van der Waals surface area (Å²) in [6.45, 7) is 1.93. The zero-order chi connectivity index (χ0) is 15.7. The molecule has 1 heterocycles. The highest BCUT2D eigenvalue weighted by Crippen LogP contribution is 2.22. The highest BCUT2D eigenvalue weighted by Gasteiger charge is 2.12. The number of hydrogen-bond donors (Lipinski definition) is 2. The van der Waals surface area contributed by atoms with Gasteiger partial charge in [-0.25, -0.2) is 0 Å². The minimum absolute atomic E-state index is 0.270. The van der Waals surface area contributed by atoms with Gasteiger partial charge in [-0.15, -0.1) is 0 Å². The van der Waals surface area contributed by atoms with Crippen molar-refractivity contribution in [2.24, 2.45) is 0 Å². The molecule has 0 unspecified atom stereocenters. The summed E-state index contributed by atoms with van der Waals surface area (Å²) >= 11 is 0. The van der Waals surface area contributed by atoms with E-state index in [9.17, 15) is 15.0 Å². The predicted molar refractivity (Wildman–Crippen MR) is 86.0 cm³/mol. The van der Waals surface area contributed by atoms with Crippen LogP contribution in [0.15, 0.2) is 59.5 Å². The molecule has 3 rings (SSSR count). The quantitative estimate of drug-likeness (QED) is 0.781. The van der Waals surface area contributed by atoms with E-state index in [4.69, 9.17) is 0 Å². The zero-order valence-corrected chi connectivity index (χ0v) is 12.2. The Morgan fingerprint density at radius 1 is 1.09 bits per heavy atom. The largest absolute Gasteiger partial charge is 0.503 e. The van der Waals surface area contributed by atoms with Crippen molar-refractivity contribution in [1.29, 1.82) is 0 Å². The van der Waals surface area contributed by atoms with E-state index in [1.54, 1.807) is 17.7 Å². The fraction of sp³-hybridized carbons (Fsp3) is 0.167. The van der Waals surface area contributed by atoms with Gasteiger partial charge in [0.2, 0.25) is 5.43 Å². The van der Waals surface area contributed by atoms with Gasteiger partial charge in [-0.1, -0.05) is 36.4 Å². The highest BCUT2D eigenvalue weighted by molar-refractivity contribution is 5.83. The number of nitrogens with zero attached hydrogens (tertiary/aromatic N) is 1. The molecule has 0 aliphatic carbocycles. The third-order valence-corrected chi connectivity index (χ3v) is 3.94. The first-order valence-corrected chi connectivity index (χ1v) is 7.12. The van der Waals surface area contributed by atoms with Crippen LogP contribution in [0.5, 0.6) is 5.75 Å². The summed E-state index contributed by atoms with van der Waals surface area (Å²) in [7, 11) is 0. The van der Waals surface area contributed by atoms with Crippen LogP contribution < -0.4 is 5.43 Å². The van der Waals surface area contributed by atoms with Gasteiger partial charge in [-0.3, -0.25) is 4.79 Å². The summed E-state index contributed by atoms with van der Waals surface area (Å²) in [6, 6.07) is 15.1. The van der Waals surface area contributed by atoms with Crippen LogP contribution in [0.3, 0.4) is 0 Å². The van der Waals surface area contributed by atoms with Gasteiger partial charge in [0.15, 0.2) is 5.75 Å². The number of aliphatic hydroxyl groups is 1. The number of benzene rings is 2. The molecule has 0 fully saturated rings. The molecule has 4 nitrogen and oxygen atoms in total. The maximum absolute atomic E-state index is 11.4. The average molecular weight is 295 g/mol. The van der Waals surface area contributed by atoms with Crippen LogP contribution in [0.1, 0.15) is 17.4 Å². The molecular weight excluding hydrogens is 278 g/mol. The second kappa shape index (κ2) is 5.66. The number of pyridine rings is 1. The minimum atomic E-state index is -0.717. The lowest BCUT2D eigenvalue weighted by Crippen LogP contribution is -2.14. The van der Waals surface area contributed by atoms with Crippen molar-refractivity contribution in [3.05, 3.63) is 76.2 Å². The number of aromatic nitrogens is 1. The third kappa shape index (κ3) is 2.61. The van der Waals surface area contributed by atoms with E-state index in [-0.39, 0.29) is 12.3 Å². The van der Waals surface area contributed by atoms with Crippen LogP contribution in [-0.4, -0.2) is 14.8 Å². The molecule has 0 amide bonds. The number of fused-ring (bicyclic) bond motifs is 1. The van der Waals surface area contributed by atoms with Gasteiger partial charge in [0, 0.05) is 12.3 Å². The number of rotatable bonds is 3. The molecule has 2 N–H and O–H groups in total. The van der Waals surface area contributed by atoms with Gasteiger partial charge in [-0.05, 0) is 29.3 Å². The van der Waals surface area contributed by atoms with Crippen molar-refractivity contribution in [2.45, 2.75) is 19.6 Å². The predicted octanol–water partition coefficient (Wildman–Crippen LogP) is 2.75. The topological polar surface area (TPSA) is 62.5 Å². The maximum Gasteiger partial charge on any atom is 0.223 e. The Hall–Kier alpha value is -2.59. The molecule has 22 heavy (non-hydrogen) atoms. The van der Waals surface area contributed by atoms with Crippen molar-refractivity contribution in [3.63, 3.8) is 0 Å². The first-order valence-electron chi connectivity index (χ1n) is 7.12. The van der Waals surface area contributed by atoms with E-state index in [1.807, 2.05) is 42.5 Å². The van der Waals surface area contributed by atoms with Crippen LogP contribution in [0.4, 0.5) is 0 Å². The van der Waals surface area contributed by atoms with Crippen LogP contribution in [-0.2, 0) is 6.54 Å². The van der Waals surface area contributed by atoms with Crippen molar-refractivity contribution < 1.29 is 10.2 Å². The molecule has 0 saturated heterocycles. The van der Waals surface area contributed by atoms with Gasteiger partial charge in [0.05, 0.1) is 18.3 Å². The lowest BCUT2D eigenvalue weighted by atomic mass is 10.0. The Balaban J connectivity index is 1.91. The minimum Gasteiger partial charge on any atom is -0.503 e. The molecule has 2 aromatic carbocycles. The van der Waals surface area contributed by atoms with E-state index in [2.05, 4.69) is 0 Å². The molecule has 3 aromatic rings. The summed E-state index contributed by atoms with van der Waals surface area (Å²) in [4.78, 5) is 11.4. The molecule has 112 valence electrons. The van der Waals surface area contributed by atoms with Crippen molar-refractivity contribution in [1.82, 2.24) is 4.57 Å². The number of aliphatic hydroxyl groups excluding tert-OH is 1. The lowest BCUT2D eigenvalue weighted by Gasteiger charge is -2.17. The Labute approximate surface area is 127 Å². The summed E-state index contributed by atoms with van der Waals surface area (Å²) < 4.78 is 1.68. The zero-order valence-electron chi connectivity index (χ0n) is 12.2. The standard InChI is InChI=1S/C18H17NO3/c1-12-18(22)16(20)8-9-19(12)11-17(21)15-7-6-13-4-2-3-5-14(13)10-15/h2-10,17,21-22H,11H2,1H3/t17-/m1/s1. The van der Waals surface area contributed by atoms with E-state index >= 15 is 0 Å². The summed E-state index contributed by atoms with van der Waals surface area (Å²) in [5.41, 5.74) is 0.845. The van der Waals surface area contributed by atoms with E-state index in [0.717, 1.165) is 16.3 Å². The Kier molecular flexibility index (Phi) is 3.69. The molecule has 1 atom stereocenters. The van der Waals surface area contributed by atoms with E-state index in [1.165, 1.54) is 6.07 Å². The normalized spacial score (nSPS) is 12.5. The van der Waals surface area contributed by atoms with E-state index in [0.29, 0.717) is 5.69 Å². The van der Waals surface area contributed by atoms with Crippen LogP contribution in [0, 0.1) is 6.92 Å². The maximum atomic E-state index is 11.4.